The number of carbonyl (C=O) groups excluding carboxylic acids is 1. The zero-order valence-corrected chi connectivity index (χ0v) is 13.5. The minimum Gasteiger partial charge on any atom is -1.00 e. The summed E-state index contributed by atoms with van der Waals surface area (Å²) in [4.78, 5) is 14.6. The molecular weight excluding hydrogens is 272 g/mol. The lowest BCUT2D eigenvalue weighted by Gasteiger charge is -2.31. The molecule has 1 fully saturated rings. The average molecular weight is 296 g/mol. The smallest absolute Gasteiger partial charge is 0.241 e. The van der Waals surface area contributed by atoms with Gasteiger partial charge in [-0.2, -0.15) is 0 Å². The number of hydrogen-bond acceptors (Lipinski definition) is 2. The van der Waals surface area contributed by atoms with Crippen molar-refractivity contribution in [3.05, 3.63) is 28.8 Å². The maximum atomic E-state index is 12.4. The van der Waals surface area contributed by atoms with Crippen LogP contribution in [0.1, 0.15) is 36.0 Å². The van der Waals surface area contributed by atoms with Gasteiger partial charge in [0.05, 0.1) is 6.04 Å². The Bertz CT molecular complexity index is 464. The number of rotatable bonds is 2. The van der Waals surface area contributed by atoms with Gasteiger partial charge in [-0.05, 0) is 58.3 Å². The number of piperidine rings is 1. The molecule has 1 unspecified atom stereocenters. The predicted molar refractivity (Wildman–Crippen MR) is 79.6 cm³/mol. The van der Waals surface area contributed by atoms with Crippen LogP contribution in [0.3, 0.4) is 0 Å². The predicted octanol–water partition coefficient (Wildman–Crippen LogP) is 0.0387. The minimum absolute atomic E-state index is 0. The number of hydrogen-bond donors (Lipinski definition) is 1. The second kappa shape index (κ2) is 7.09. The third kappa shape index (κ3) is 3.74. The zero-order valence-electron chi connectivity index (χ0n) is 12.8. The van der Waals surface area contributed by atoms with E-state index in [1.165, 1.54) is 12.0 Å². The van der Waals surface area contributed by atoms with Crippen LogP contribution in [0.5, 0.6) is 0 Å². The first-order chi connectivity index (χ1) is 8.99. The van der Waals surface area contributed by atoms with Crippen LogP contribution in [0, 0.1) is 20.8 Å². The van der Waals surface area contributed by atoms with Crippen molar-refractivity contribution >= 4 is 11.6 Å². The number of nitrogens with zero attached hydrogens (tertiary/aromatic N) is 1. The highest BCUT2D eigenvalue weighted by Crippen LogP contribution is 2.23. The topological polar surface area (TPSA) is 32.3 Å². The van der Waals surface area contributed by atoms with E-state index < -0.39 is 0 Å². The van der Waals surface area contributed by atoms with Gasteiger partial charge in [0, 0.05) is 5.69 Å². The summed E-state index contributed by atoms with van der Waals surface area (Å²) < 4.78 is 0. The Morgan fingerprint density at radius 2 is 1.80 bits per heavy atom. The molecule has 1 saturated heterocycles. The quantitative estimate of drug-likeness (QED) is 0.835. The summed E-state index contributed by atoms with van der Waals surface area (Å²) in [6.45, 7) is 7.21. The van der Waals surface area contributed by atoms with Crippen molar-refractivity contribution in [3.8, 4) is 0 Å². The molecule has 1 heterocycles. The summed E-state index contributed by atoms with van der Waals surface area (Å²) in [6, 6.07) is 4.26. The second-order valence-electron chi connectivity index (χ2n) is 5.76. The van der Waals surface area contributed by atoms with Crippen molar-refractivity contribution in [2.24, 2.45) is 0 Å². The van der Waals surface area contributed by atoms with Gasteiger partial charge in [-0.1, -0.05) is 24.1 Å². The lowest BCUT2D eigenvalue weighted by Crippen LogP contribution is -3.00. The van der Waals surface area contributed by atoms with Crippen LogP contribution in [0.25, 0.3) is 0 Å². The van der Waals surface area contributed by atoms with Crippen molar-refractivity contribution in [1.82, 2.24) is 4.90 Å². The molecule has 1 atom stereocenters. The maximum absolute atomic E-state index is 12.4. The fourth-order valence-corrected chi connectivity index (χ4v) is 2.99. The van der Waals surface area contributed by atoms with Gasteiger partial charge in [0.25, 0.3) is 0 Å². The molecule has 1 aliphatic heterocycles. The van der Waals surface area contributed by atoms with Gasteiger partial charge in [0.1, 0.15) is 0 Å². The first-order valence-electron chi connectivity index (χ1n) is 7.08. The van der Waals surface area contributed by atoms with Crippen LogP contribution in [0.2, 0.25) is 0 Å². The normalized spacial score (nSPS) is 19.3. The average Bonchev–Trinajstić information content (AvgIpc) is 2.34. The van der Waals surface area contributed by atoms with Gasteiger partial charge < -0.3 is 17.7 Å². The van der Waals surface area contributed by atoms with Crippen LogP contribution in [0.4, 0.5) is 5.69 Å². The van der Waals surface area contributed by atoms with Gasteiger partial charge >= 0.3 is 0 Å². The van der Waals surface area contributed by atoms with E-state index in [9.17, 15) is 4.79 Å². The Hall–Kier alpha value is -1.06. The molecule has 0 bridgehead atoms. The molecule has 0 saturated carbocycles. The van der Waals surface area contributed by atoms with E-state index in [-0.39, 0.29) is 24.4 Å². The fraction of sp³-hybridized carbons (Fsp3) is 0.562. The molecule has 1 N–H and O–H groups in total. The number of likely N-dealkylation sites (tertiary alicyclic amines) is 1. The van der Waals surface area contributed by atoms with Crippen molar-refractivity contribution < 1.29 is 17.2 Å². The molecule has 0 radical (unpaired) electrons. The lowest BCUT2D eigenvalue weighted by atomic mass is 10.0. The number of nitrogens with one attached hydrogen (secondary N) is 1. The molecule has 0 aliphatic carbocycles. The molecule has 0 aromatic heterocycles. The van der Waals surface area contributed by atoms with Gasteiger partial charge in [0.2, 0.25) is 5.91 Å². The number of amides is 1. The highest BCUT2D eigenvalue weighted by molar-refractivity contribution is 5.96. The number of likely N-dealkylation sites (N-methyl/N-ethyl adjacent to an activating group) is 1. The Balaban J connectivity index is 0.00000200. The van der Waals surface area contributed by atoms with E-state index in [0.29, 0.717) is 0 Å². The highest BCUT2D eigenvalue weighted by atomic mass is 35.5. The molecule has 0 spiro atoms. The molecule has 1 aromatic rings. The van der Waals surface area contributed by atoms with E-state index >= 15 is 0 Å². The SMILES string of the molecule is Cc1cc(C)c(NC(=O)C2CCCCN2C)c(C)c1.[Cl-]. The molecule has 20 heavy (non-hydrogen) atoms. The van der Waals surface area contributed by atoms with Gasteiger partial charge in [-0.3, -0.25) is 9.69 Å². The number of aryl methyl sites for hydroxylation is 3. The van der Waals surface area contributed by atoms with Gasteiger partial charge in [-0.15, -0.1) is 0 Å². The minimum atomic E-state index is 0. The van der Waals surface area contributed by atoms with Crippen LogP contribution >= 0.6 is 0 Å². The summed E-state index contributed by atoms with van der Waals surface area (Å²) in [5.41, 5.74) is 4.51. The van der Waals surface area contributed by atoms with E-state index in [1.807, 2.05) is 7.05 Å². The standard InChI is InChI=1S/C16H24N2O.ClH/c1-11-9-12(2)15(13(3)10-11)17-16(19)14-7-5-6-8-18(14)4;/h9-10,14H,5-8H2,1-4H3,(H,17,19);1H/p-1. The summed E-state index contributed by atoms with van der Waals surface area (Å²) >= 11 is 0. The molecule has 2 rings (SSSR count). The summed E-state index contributed by atoms with van der Waals surface area (Å²) in [7, 11) is 2.04. The Kier molecular flexibility index (Phi) is 6.03. The second-order valence-corrected chi connectivity index (χ2v) is 5.76. The van der Waals surface area contributed by atoms with Crippen LogP contribution < -0.4 is 17.7 Å². The number of benzene rings is 1. The van der Waals surface area contributed by atoms with E-state index in [4.69, 9.17) is 0 Å². The van der Waals surface area contributed by atoms with Gasteiger partial charge in [0.15, 0.2) is 0 Å². The van der Waals surface area contributed by atoms with Gasteiger partial charge in [-0.25, -0.2) is 0 Å². The van der Waals surface area contributed by atoms with E-state index in [0.717, 1.165) is 36.2 Å². The number of halogens is 1. The Morgan fingerprint density at radius 1 is 1.20 bits per heavy atom. The fourth-order valence-electron chi connectivity index (χ4n) is 2.99. The highest BCUT2D eigenvalue weighted by Gasteiger charge is 2.26. The van der Waals surface area contributed by atoms with Crippen molar-refractivity contribution in [1.29, 1.82) is 0 Å². The molecule has 112 valence electrons. The molecule has 4 heteroatoms. The van der Waals surface area contributed by atoms with E-state index in [1.54, 1.807) is 0 Å². The first kappa shape index (κ1) is 17.0. The van der Waals surface area contributed by atoms with Crippen LogP contribution in [-0.2, 0) is 4.79 Å². The Morgan fingerprint density at radius 3 is 2.35 bits per heavy atom. The van der Waals surface area contributed by atoms with Crippen molar-refractivity contribution in [2.45, 2.75) is 46.1 Å². The number of carbonyl (C=O) groups is 1. The number of anilines is 1. The zero-order chi connectivity index (χ0) is 14.0. The van der Waals surface area contributed by atoms with Crippen molar-refractivity contribution in [2.75, 3.05) is 18.9 Å². The lowest BCUT2D eigenvalue weighted by molar-refractivity contribution is -0.121. The molecule has 1 aliphatic rings. The largest absolute Gasteiger partial charge is 1.00 e. The summed E-state index contributed by atoms with van der Waals surface area (Å²) in [5, 5.41) is 3.13. The molecular formula is C16H24ClN2O-. The summed E-state index contributed by atoms with van der Waals surface area (Å²) in [5.74, 6) is 0.136. The van der Waals surface area contributed by atoms with Crippen LogP contribution in [-0.4, -0.2) is 30.4 Å². The van der Waals surface area contributed by atoms with E-state index in [2.05, 4.69) is 43.1 Å². The summed E-state index contributed by atoms with van der Waals surface area (Å²) in [6.07, 6.45) is 3.31. The maximum Gasteiger partial charge on any atom is 0.241 e. The molecule has 1 amide bonds. The first-order valence-corrected chi connectivity index (χ1v) is 7.08. The monoisotopic (exact) mass is 295 g/mol. The van der Waals surface area contributed by atoms with Crippen molar-refractivity contribution in [3.63, 3.8) is 0 Å². The molecule has 1 aromatic carbocycles. The third-order valence-corrected chi connectivity index (χ3v) is 4.00. The third-order valence-electron chi connectivity index (χ3n) is 4.00. The molecule has 3 nitrogen and oxygen atoms in total. The van der Waals surface area contributed by atoms with Crippen LogP contribution in [0.15, 0.2) is 12.1 Å². The Labute approximate surface area is 128 Å².